The molecular formula is C40H38S2. The first-order valence-corrected chi connectivity index (χ1v) is 17.4. The maximum absolute atomic E-state index is 2.41. The largest absolute Gasteiger partial charge is 0.135 e. The molecule has 0 unspecified atom stereocenters. The number of aryl methyl sites for hydroxylation is 2. The van der Waals surface area contributed by atoms with Crippen molar-refractivity contribution in [2.75, 3.05) is 0 Å². The monoisotopic (exact) mass is 582 g/mol. The summed E-state index contributed by atoms with van der Waals surface area (Å²) in [6.45, 7) is 4.54. The van der Waals surface area contributed by atoms with E-state index in [-0.39, 0.29) is 0 Å². The van der Waals surface area contributed by atoms with Gasteiger partial charge in [-0.25, -0.2) is 0 Å². The molecule has 0 saturated heterocycles. The second-order valence-electron chi connectivity index (χ2n) is 11.7. The maximum atomic E-state index is 2.41. The Bertz CT molecular complexity index is 1840. The molecule has 0 saturated carbocycles. The van der Waals surface area contributed by atoms with E-state index in [1.807, 2.05) is 22.7 Å². The minimum absolute atomic E-state index is 1.18. The van der Waals surface area contributed by atoms with E-state index in [4.69, 9.17) is 0 Å². The molecule has 2 heterocycles. The molecule has 0 nitrogen and oxygen atoms in total. The number of unbranched alkanes of at least 4 members (excludes halogenated alkanes) is 4. The Hall–Kier alpha value is -3.46. The summed E-state index contributed by atoms with van der Waals surface area (Å²) in [5, 5.41) is 8.14. The summed E-state index contributed by atoms with van der Waals surface area (Å²) in [6, 6.07) is 37.4. The van der Waals surface area contributed by atoms with E-state index in [0.717, 1.165) is 0 Å². The highest BCUT2D eigenvalue weighted by atomic mass is 32.1. The van der Waals surface area contributed by atoms with Gasteiger partial charge in [0.2, 0.25) is 0 Å². The quantitative estimate of drug-likeness (QED) is 0.111. The molecule has 0 spiro atoms. The van der Waals surface area contributed by atoms with Crippen LogP contribution in [0.4, 0.5) is 0 Å². The van der Waals surface area contributed by atoms with E-state index < -0.39 is 0 Å². The minimum Gasteiger partial charge on any atom is -0.135 e. The van der Waals surface area contributed by atoms with Crippen LogP contribution in [0.15, 0.2) is 97.1 Å². The fraction of sp³-hybridized carbons (Fsp3) is 0.250. The summed E-state index contributed by atoms with van der Waals surface area (Å²) < 4.78 is 2.72. The topological polar surface area (TPSA) is 0 Å². The first kappa shape index (κ1) is 27.4. The van der Waals surface area contributed by atoms with Gasteiger partial charge in [-0.1, -0.05) is 112 Å². The number of fused-ring (bicyclic) bond motifs is 7. The van der Waals surface area contributed by atoms with Gasteiger partial charge in [-0.3, -0.25) is 0 Å². The molecule has 0 atom stereocenters. The van der Waals surface area contributed by atoms with Crippen molar-refractivity contribution in [3.63, 3.8) is 0 Å². The van der Waals surface area contributed by atoms with Crippen LogP contribution < -0.4 is 0 Å². The highest BCUT2D eigenvalue weighted by Gasteiger charge is 2.13. The van der Waals surface area contributed by atoms with Crippen LogP contribution in [0.1, 0.15) is 63.5 Å². The molecule has 0 aliphatic heterocycles. The molecule has 0 aliphatic rings. The summed E-state index contributed by atoms with van der Waals surface area (Å²) in [5.41, 5.74) is 5.55. The highest BCUT2D eigenvalue weighted by Crippen LogP contribution is 2.42. The maximum Gasteiger partial charge on any atom is 0.0355 e. The Labute approximate surface area is 257 Å². The van der Waals surface area contributed by atoms with Crippen molar-refractivity contribution >= 4 is 64.4 Å². The van der Waals surface area contributed by atoms with Gasteiger partial charge in [0, 0.05) is 29.9 Å². The summed E-state index contributed by atoms with van der Waals surface area (Å²) in [4.78, 5) is 2.71. The van der Waals surface area contributed by atoms with E-state index in [2.05, 4.69) is 111 Å². The average Bonchev–Trinajstić information content (AvgIpc) is 3.67. The highest BCUT2D eigenvalue weighted by molar-refractivity contribution is 7.22. The Morgan fingerprint density at radius 1 is 0.405 bits per heavy atom. The second-order valence-corrected chi connectivity index (χ2v) is 13.9. The molecule has 7 aromatic rings. The molecule has 0 bridgehead atoms. The summed E-state index contributed by atoms with van der Waals surface area (Å²) >= 11 is 3.82. The molecule has 42 heavy (non-hydrogen) atoms. The molecule has 210 valence electrons. The van der Waals surface area contributed by atoms with E-state index in [0.29, 0.717) is 0 Å². The Kier molecular flexibility index (Phi) is 7.84. The zero-order valence-corrected chi connectivity index (χ0v) is 26.3. The number of benzene rings is 5. The third-order valence-electron chi connectivity index (χ3n) is 8.81. The second kappa shape index (κ2) is 12.0. The van der Waals surface area contributed by atoms with Crippen LogP contribution in [0.3, 0.4) is 0 Å². The summed E-state index contributed by atoms with van der Waals surface area (Å²) in [7, 11) is 0. The standard InChI is InChI=1S/C40H38S2/c1-3-5-7-9-27-11-15-29(16-12-27)39-25-35-33-19-20-34-32(31(33)21-23-37(35)41-39)22-24-38-36(34)26-40(42-38)30-17-13-28(14-18-30)10-8-6-4-2/h11-26H,3-10H2,1-2H3. The van der Waals surface area contributed by atoms with Gasteiger partial charge >= 0.3 is 0 Å². The van der Waals surface area contributed by atoms with E-state index in [9.17, 15) is 0 Å². The van der Waals surface area contributed by atoms with Crippen LogP contribution in [0.25, 0.3) is 62.6 Å². The summed E-state index contributed by atoms with van der Waals surface area (Å²) in [5.74, 6) is 0. The molecule has 0 radical (unpaired) electrons. The normalized spacial score (nSPS) is 11.9. The molecule has 0 N–H and O–H groups in total. The van der Waals surface area contributed by atoms with Crippen LogP contribution in [0.5, 0.6) is 0 Å². The van der Waals surface area contributed by atoms with Crippen LogP contribution >= 0.6 is 22.7 Å². The van der Waals surface area contributed by atoms with Crippen molar-refractivity contribution in [1.29, 1.82) is 0 Å². The summed E-state index contributed by atoms with van der Waals surface area (Å²) in [6.07, 6.45) is 10.1. The van der Waals surface area contributed by atoms with Gasteiger partial charge in [0.15, 0.2) is 0 Å². The predicted octanol–water partition coefficient (Wildman–Crippen LogP) is 13.2. The lowest BCUT2D eigenvalue weighted by Crippen LogP contribution is -1.85. The van der Waals surface area contributed by atoms with Gasteiger partial charge in [0.25, 0.3) is 0 Å². The van der Waals surface area contributed by atoms with Crippen molar-refractivity contribution < 1.29 is 0 Å². The Morgan fingerprint density at radius 2 is 0.786 bits per heavy atom. The Balaban J connectivity index is 1.22. The lowest BCUT2D eigenvalue weighted by atomic mass is 9.97. The zero-order valence-electron chi connectivity index (χ0n) is 24.7. The molecular weight excluding hydrogens is 545 g/mol. The zero-order chi connectivity index (χ0) is 28.5. The third kappa shape index (κ3) is 5.27. The van der Waals surface area contributed by atoms with Crippen LogP contribution in [0.2, 0.25) is 0 Å². The molecule has 0 amide bonds. The molecule has 0 aliphatic carbocycles. The van der Waals surface area contributed by atoms with Crippen LogP contribution in [0, 0.1) is 0 Å². The minimum atomic E-state index is 1.18. The molecule has 0 fully saturated rings. The van der Waals surface area contributed by atoms with Crippen molar-refractivity contribution in [2.24, 2.45) is 0 Å². The van der Waals surface area contributed by atoms with E-state index in [1.54, 1.807) is 0 Å². The van der Waals surface area contributed by atoms with Gasteiger partial charge in [-0.2, -0.15) is 0 Å². The van der Waals surface area contributed by atoms with Gasteiger partial charge in [0.05, 0.1) is 0 Å². The van der Waals surface area contributed by atoms with Gasteiger partial charge in [0.1, 0.15) is 0 Å². The molecule has 2 aromatic heterocycles. The Morgan fingerprint density at radius 3 is 1.19 bits per heavy atom. The number of hydrogen-bond donors (Lipinski definition) is 0. The average molecular weight is 583 g/mol. The van der Waals surface area contributed by atoms with E-state index in [1.165, 1.54) is 125 Å². The molecule has 7 rings (SSSR count). The smallest absolute Gasteiger partial charge is 0.0355 e. The third-order valence-corrected chi connectivity index (χ3v) is 11.1. The molecule has 5 aromatic carbocycles. The van der Waals surface area contributed by atoms with E-state index >= 15 is 0 Å². The number of hydrogen-bond acceptors (Lipinski definition) is 2. The van der Waals surface area contributed by atoms with Crippen LogP contribution in [-0.4, -0.2) is 0 Å². The van der Waals surface area contributed by atoms with Gasteiger partial charge < -0.3 is 0 Å². The predicted molar refractivity (Wildman–Crippen MR) is 190 cm³/mol. The number of rotatable bonds is 10. The first-order valence-electron chi connectivity index (χ1n) is 15.7. The van der Waals surface area contributed by atoms with Crippen molar-refractivity contribution in [3.8, 4) is 20.9 Å². The molecule has 2 heteroatoms. The number of thiophene rings is 2. The first-order chi connectivity index (χ1) is 20.7. The van der Waals surface area contributed by atoms with Crippen molar-refractivity contribution in [3.05, 3.63) is 108 Å². The van der Waals surface area contributed by atoms with Gasteiger partial charge in [-0.05, 0) is 93.7 Å². The lowest BCUT2D eigenvalue weighted by molar-refractivity contribution is 0.717. The fourth-order valence-electron chi connectivity index (χ4n) is 6.38. The van der Waals surface area contributed by atoms with Crippen molar-refractivity contribution in [1.82, 2.24) is 0 Å². The lowest BCUT2D eigenvalue weighted by Gasteiger charge is -2.06. The van der Waals surface area contributed by atoms with Crippen molar-refractivity contribution in [2.45, 2.75) is 65.2 Å². The fourth-order valence-corrected chi connectivity index (χ4v) is 8.54. The SMILES string of the molecule is CCCCCc1ccc(-c2cc3c(ccc4c3ccc3c5cc(-c6ccc(CCCCC)cc6)sc5ccc34)s2)cc1. The van der Waals surface area contributed by atoms with Crippen LogP contribution in [-0.2, 0) is 12.8 Å². The van der Waals surface area contributed by atoms with Gasteiger partial charge in [-0.15, -0.1) is 22.7 Å².